The normalized spacial score (nSPS) is 15.9. The van der Waals surface area contributed by atoms with E-state index >= 15 is 0 Å². The lowest BCUT2D eigenvalue weighted by Crippen LogP contribution is -2.20. The van der Waals surface area contributed by atoms with Gasteiger partial charge in [0.05, 0.1) is 17.2 Å². The molecule has 1 aliphatic heterocycles. The smallest absolute Gasteiger partial charge is 0.244 e. The van der Waals surface area contributed by atoms with Gasteiger partial charge in [-0.2, -0.15) is 5.26 Å². The minimum atomic E-state index is -0.593. The molecule has 26 heavy (non-hydrogen) atoms. The number of H-pyrrole nitrogens is 1. The summed E-state index contributed by atoms with van der Waals surface area (Å²) in [4.78, 5) is 0. The highest BCUT2D eigenvalue weighted by molar-refractivity contribution is 5.71. The van der Waals surface area contributed by atoms with E-state index in [0.717, 1.165) is 5.56 Å². The van der Waals surface area contributed by atoms with Crippen LogP contribution in [0.15, 0.2) is 60.0 Å². The summed E-state index contributed by atoms with van der Waals surface area (Å²) in [7, 11) is 0. The number of nitrogens with one attached hydrogen (secondary N) is 1. The van der Waals surface area contributed by atoms with Gasteiger partial charge < -0.3 is 20.7 Å². The van der Waals surface area contributed by atoms with Crippen molar-refractivity contribution in [3.63, 3.8) is 0 Å². The fourth-order valence-corrected chi connectivity index (χ4v) is 3.12. The van der Waals surface area contributed by atoms with E-state index in [9.17, 15) is 15.5 Å². The number of hydrogen-bond acceptors (Lipinski definition) is 6. The van der Waals surface area contributed by atoms with Gasteiger partial charge >= 0.3 is 0 Å². The van der Waals surface area contributed by atoms with Crippen molar-refractivity contribution in [2.45, 2.75) is 5.92 Å². The summed E-state index contributed by atoms with van der Waals surface area (Å²) < 4.78 is 5.52. The molecule has 2 aromatic carbocycles. The molecule has 0 spiro atoms. The van der Waals surface area contributed by atoms with Crippen LogP contribution in [0.2, 0.25) is 0 Å². The summed E-state index contributed by atoms with van der Waals surface area (Å²) in [6.45, 7) is 0. The number of phenolic OH excluding ortho intramolecular Hbond substituents is 2. The molecule has 4 rings (SSSR count). The SMILES string of the molecule is N#CC1=C(N)Oc2n[nH]c(-c3ccccc3)c2C1c1ccc(O)c(O)c1. The van der Waals surface area contributed by atoms with Gasteiger partial charge in [0.25, 0.3) is 0 Å². The predicted octanol–water partition coefficient (Wildman–Crippen LogP) is 2.71. The van der Waals surface area contributed by atoms with Gasteiger partial charge in [-0.15, -0.1) is 5.10 Å². The molecule has 7 nitrogen and oxygen atoms in total. The van der Waals surface area contributed by atoms with Crippen LogP contribution in [0.4, 0.5) is 0 Å². The number of nitrogens with zero attached hydrogens (tertiary/aromatic N) is 2. The van der Waals surface area contributed by atoms with E-state index in [1.54, 1.807) is 6.07 Å². The van der Waals surface area contributed by atoms with Crippen LogP contribution in [0, 0.1) is 11.3 Å². The third-order valence-corrected chi connectivity index (χ3v) is 4.33. The van der Waals surface area contributed by atoms with E-state index in [2.05, 4.69) is 16.3 Å². The Balaban J connectivity index is 1.97. The van der Waals surface area contributed by atoms with Crippen molar-refractivity contribution in [1.29, 1.82) is 5.26 Å². The number of benzene rings is 2. The standard InChI is InChI=1S/C19H14N4O3/c20-9-12-15(11-6-7-13(24)14(25)8-11)16-17(10-4-2-1-3-5-10)22-23-19(16)26-18(12)21/h1-8,15,24-25H,21H2,(H,22,23). The zero-order chi connectivity index (χ0) is 18.3. The second-order valence-electron chi connectivity index (χ2n) is 5.86. The summed E-state index contributed by atoms with van der Waals surface area (Å²) in [5.41, 5.74) is 8.92. The fraction of sp³-hybridized carbons (Fsp3) is 0.0526. The Hall–Kier alpha value is -3.92. The number of nitriles is 1. The molecule has 3 aromatic rings. The maximum Gasteiger partial charge on any atom is 0.244 e. The molecule has 0 saturated heterocycles. The predicted molar refractivity (Wildman–Crippen MR) is 93.1 cm³/mol. The van der Waals surface area contributed by atoms with Gasteiger partial charge in [-0.1, -0.05) is 36.4 Å². The average Bonchev–Trinajstić information content (AvgIpc) is 3.07. The highest BCUT2D eigenvalue weighted by Gasteiger charge is 2.35. The number of hydrogen-bond donors (Lipinski definition) is 4. The molecule has 0 saturated carbocycles. The molecule has 7 heteroatoms. The molecule has 1 unspecified atom stereocenters. The molecule has 2 heterocycles. The monoisotopic (exact) mass is 346 g/mol. The summed E-state index contributed by atoms with van der Waals surface area (Å²) in [6, 6.07) is 16.0. The third kappa shape index (κ3) is 2.32. The van der Waals surface area contributed by atoms with Crippen LogP contribution < -0.4 is 10.5 Å². The molecule has 0 fully saturated rings. The lowest BCUT2D eigenvalue weighted by atomic mass is 9.83. The minimum absolute atomic E-state index is 0.0383. The third-order valence-electron chi connectivity index (χ3n) is 4.33. The number of allylic oxidation sites excluding steroid dienone is 1. The van der Waals surface area contributed by atoms with Crippen LogP contribution in [0.1, 0.15) is 17.0 Å². The van der Waals surface area contributed by atoms with Crippen molar-refractivity contribution in [2.24, 2.45) is 5.73 Å². The first-order chi connectivity index (χ1) is 12.6. The zero-order valence-corrected chi connectivity index (χ0v) is 13.5. The van der Waals surface area contributed by atoms with E-state index in [0.29, 0.717) is 16.8 Å². The largest absolute Gasteiger partial charge is 0.504 e. The van der Waals surface area contributed by atoms with Crippen molar-refractivity contribution >= 4 is 0 Å². The fourth-order valence-electron chi connectivity index (χ4n) is 3.12. The maximum atomic E-state index is 9.91. The van der Waals surface area contributed by atoms with E-state index in [4.69, 9.17) is 10.5 Å². The van der Waals surface area contributed by atoms with Crippen LogP contribution >= 0.6 is 0 Å². The van der Waals surface area contributed by atoms with Crippen molar-refractivity contribution in [2.75, 3.05) is 0 Å². The van der Waals surface area contributed by atoms with Crippen molar-refractivity contribution in [1.82, 2.24) is 10.2 Å². The number of fused-ring (bicyclic) bond motifs is 1. The Morgan fingerprint density at radius 3 is 2.58 bits per heavy atom. The number of aromatic nitrogens is 2. The highest BCUT2D eigenvalue weighted by Crippen LogP contribution is 2.46. The quantitative estimate of drug-likeness (QED) is 0.528. The maximum absolute atomic E-state index is 9.91. The summed E-state index contributed by atoms with van der Waals surface area (Å²) in [5.74, 6) is -0.881. The first-order valence-corrected chi connectivity index (χ1v) is 7.83. The molecule has 0 aliphatic carbocycles. The Morgan fingerprint density at radius 2 is 1.88 bits per heavy atom. The molecule has 0 bridgehead atoms. The van der Waals surface area contributed by atoms with Gasteiger partial charge in [0.2, 0.25) is 11.8 Å². The molecule has 128 valence electrons. The van der Waals surface area contributed by atoms with Crippen molar-refractivity contribution in [3.8, 4) is 34.7 Å². The minimum Gasteiger partial charge on any atom is -0.504 e. The highest BCUT2D eigenvalue weighted by atomic mass is 16.5. The lowest BCUT2D eigenvalue weighted by molar-refractivity contribution is 0.378. The number of nitrogens with two attached hydrogens (primary N) is 1. The number of phenols is 2. The van der Waals surface area contributed by atoms with E-state index in [1.165, 1.54) is 12.1 Å². The average molecular weight is 346 g/mol. The molecule has 0 radical (unpaired) electrons. The molecule has 1 aliphatic rings. The molecule has 1 aromatic heterocycles. The Kier molecular flexibility index (Phi) is 3.52. The Bertz CT molecular complexity index is 1060. The summed E-state index contributed by atoms with van der Waals surface area (Å²) >= 11 is 0. The van der Waals surface area contributed by atoms with Gasteiger partial charge in [-0.05, 0) is 23.3 Å². The van der Waals surface area contributed by atoms with Crippen LogP contribution in [-0.2, 0) is 0 Å². The van der Waals surface area contributed by atoms with Gasteiger partial charge in [0.15, 0.2) is 11.5 Å². The summed E-state index contributed by atoms with van der Waals surface area (Å²) in [6.07, 6.45) is 0. The zero-order valence-electron chi connectivity index (χ0n) is 13.5. The number of rotatable bonds is 2. The molecular formula is C19H14N4O3. The Morgan fingerprint density at radius 1 is 1.12 bits per heavy atom. The number of aromatic amines is 1. The van der Waals surface area contributed by atoms with Gasteiger partial charge in [0, 0.05) is 0 Å². The molecular weight excluding hydrogens is 332 g/mol. The van der Waals surface area contributed by atoms with E-state index in [1.807, 2.05) is 30.3 Å². The van der Waals surface area contributed by atoms with E-state index in [-0.39, 0.29) is 28.8 Å². The second-order valence-corrected chi connectivity index (χ2v) is 5.86. The first kappa shape index (κ1) is 15.6. The van der Waals surface area contributed by atoms with Crippen LogP contribution in [0.5, 0.6) is 17.4 Å². The van der Waals surface area contributed by atoms with Gasteiger partial charge in [-0.3, -0.25) is 5.10 Å². The first-order valence-electron chi connectivity index (χ1n) is 7.83. The number of ether oxygens (including phenoxy) is 1. The van der Waals surface area contributed by atoms with Crippen molar-refractivity contribution in [3.05, 3.63) is 71.1 Å². The van der Waals surface area contributed by atoms with Gasteiger partial charge in [-0.25, -0.2) is 0 Å². The lowest BCUT2D eigenvalue weighted by Gasteiger charge is -2.24. The van der Waals surface area contributed by atoms with Gasteiger partial charge in [0.1, 0.15) is 11.6 Å². The molecule has 5 N–H and O–H groups in total. The van der Waals surface area contributed by atoms with Crippen molar-refractivity contribution < 1.29 is 14.9 Å². The topological polar surface area (TPSA) is 128 Å². The van der Waals surface area contributed by atoms with E-state index < -0.39 is 5.92 Å². The second kappa shape index (κ2) is 5.86. The van der Waals surface area contributed by atoms with Crippen LogP contribution in [0.25, 0.3) is 11.3 Å². The van der Waals surface area contributed by atoms with Crippen LogP contribution in [-0.4, -0.2) is 20.4 Å². The molecule has 1 atom stereocenters. The Labute approximate surface area is 148 Å². The van der Waals surface area contributed by atoms with Crippen LogP contribution in [0.3, 0.4) is 0 Å². The summed E-state index contributed by atoms with van der Waals surface area (Å²) in [5, 5.41) is 36.3. The number of aromatic hydroxyl groups is 2. The molecule has 0 amide bonds.